The van der Waals surface area contributed by atoms with Crippen LogP contribution in [0.1, 0.15) is 29.1 Å². The minimum atomic E-state index is 0.0481. The Balaban J connectivity index is 1.26. The normalized spacial score (nSPS) is 19.6. The van der Waals surface area contributed by atoms with E-state index in [4.69, 9.17) is 9.72 Å². The van der Waals surface area contributed by atoms with Gasteiger partial charge in [-0.15, -0.1) is 11.3 Å². The van der Waals surface area contributed by atoms with Crippen molar-refractivity contribution >= 4 is 22.4 Å². The Bertz CT molecular complexity index is 759. The van der Waals surface area contributed by atoms with Crippen molar-refractivity contribution in [2.75, 3.05) is 37.7 Å². The Kier molecular flexibility index (Phi) is 5.99. The number of rotatable bonds is 6. The van der Waals surface area contributed by atoms with Crippen LogP contribution < -0.4 is 10.2 Å². The summed E-state index contributed by atoms with van der Waals surface area (Å²) < 4.78 is 5.43. The molecule has 27 heavy (non-hydrogen) atoms. The van der Waals surface area contributed by atoms with Gasteiger partial charge in [-0.25, -0.2) is 4.98 Å². The lowest BCUT2D eigenvalue weighted by atomic mass is 9.90. The van der Waals surface area contributed by atoms with E-state index in [1.165, 1.54) is 4.88 Å². The summed E-state index contributed by atoms with van der Waals surface area (Å²) in [7, 11) is 0. The molecule has 144 valence electrons. The van der Waals surface area contributed by atoms with Crippen molar-refractivity contribution in [3.8, 4) is 0 Å². The van der Waals surface area contributed by atoms with Crippen molar-refractivity contribution in [3.63, 3.8) is 0 Å². The van der Waals surface area contributed by atoms with Crippen molar-refractivity contribution < 1.29 is 9.53 Å². The molecule has 1 aliphatic heterocycles. The van der Waals surface area contributed by atoms with Gasteiger partial charge in [0.25, 0.3) is 0 Å². The minimum Gasteiger partial charge on any atom is -0.378 e. The average molecular weight is 387 g/mol. The third kappa shape index (κ3) is 4.65. The number of aromatic nitrogens is 2. The highest BCUT2D eigenvalue weighted by molar-refractivity contribution is 7.15. The highest BCUT2D eigenvalue weighted by Crippen LogP contribution is 2.34. The van der Waals surface area contributed by atoms with E-state index in [2.05, 4.69) is 15.2 Å². The van der Waals surface area contributed by atoms with E-state index in [1.54, 1.807) is 11.3 Å². The van der Waals surface area contributed by atoms with Crippen LogP contribution in [0.25, 0.3) is 0 Å². The Morgan fingerprint density at radius 3 is 3.04 bits per heavy atom. The second-order valence-corrected chi connectivity index (χ2v) is 8.18. The summed E-state index contributed by atoms with van der Waals surface area (Å²) in [6.07, 6.45) is 6.27. The van der Waals surface area contributed by atoms with E-state index in [1.807, 2.05) is 24.4 Å². The number of hydrogen-bond donors (Lipinski definition) is 1. The molecule has 7 heteroatoms. The molecule has 0 saturated carbocycles. The Hall–Kier alpha value is -1.99. The maximum atomic E-state index is 12.5. The van der Waals surface area contributed by atoms with Gasteiger partial charge < -0.3 is 15.0 Å². The van der Waals surface area contributed by atoms with Crippen LogP contribution in [0, 0.1) is 5.92 Å². The number of anilines is 1. The van der Waals surface area contributed by atoms with E-state index in [-0.39, 0.29) is 11.8 Å². The third-order valence-corrected chi connectivity index (χ3v) is 6.43. The fourth-order valence-corrected chi connectivity index (χ4v) is 4.81. The van der Waals surface area contributed by atoms with Gasteiger partial charge in [0.15, 0.2) is 5.13 Å². The molecule has 0 bridgehead atoms. The van der Waals surface area contributed by atoms with E-state index in [0.29, 0.717) is 6.54 Å². The van der Waals surface area contributed by atoms with Gasteiger partial charge in [0.1, 0.15) is 0 Å². The minimum absolute atomic E-state index is 0.0481. The van der Waals surface area contributed by atoms with Gasteiger partial charge in [-0.05, 0) is 37.8 Å². The number of fused-ring (bicyclic) bond motifs is 1. The van der Waals surface area contributed by atoms with Gasteiger partial charge in [-0.3, -0.25) is 9.78 Å². The summed E-state index contributed by atoms with van der Waals surface area (Å²) in [5.74, 6) is 0.217. The van der Waals surface area contributed by atoms with Crippen molar-refractivity contribution in [2.24, 2.45) is 5.92 Å². The Morgan fingerprint density at radius 1 is 1.33 bits per heavy atom. The van der Waals surface area contributed by atoms with Crippen molar-refractivity contribution in [2.45, 2.75) is 32.1 Å². The molecule has 4 rings (SSSR count). The Morgan fingerprint density at radius 2 is 2.22 bits per heavy atom. The molecule has 0 aromatic carbocycles. The molecule has 0 spiro atoms. The number of thiazole rings is 1. The molecule has 1 fully saturated rings. The second kappa shape index (κ2) is 8.80. The first kappa shape index (κ1) is 18.4. The average Bonchev–Trinajstić information content (AvgIpc) is 3.16. The highest BCUT2D eigenvalue weighted by atomic mass is 32.1. The second-order valence-electron chi connectivity index (χ2n) is 7.12. The fourth-order valence-electron chi connectivity index (χ4n) is 3.65. The van der Waals surface area contributed by atoms with Crippen LogP contribution >= 0.6 is 11.3 Å². The molecule has 2 aliphatic rings. The quantitative estimate of drug-likeness (QED) is 0.771. The maximum absolute atomic E-state index is 12.5. The molecule has 2 aromatic heterocycles. The topological polar surface area (TPSA) is 67.4 Å². The van der Waals surface area contributed by atoms with Crippen LogP contribution in [0.2, 0.25) is 0 Å². The van der Waals surface area contributed by atoms with Crippen LogP contribution in [0.3, 0.4) is 0 Å². The van der Waals surface area contributed by atoms with Crippen molar-refractivity contribution in [1.82, 2.24) is 15.3 Å². The monoisotopic (exact) mass is 386 g/mol. The number of aryl methyl sites for hydroxylation is 2. The number of morpholine rings is 1. The molecule has 1 aliphatic carbocycles. The lowest BCUT2D eigenvalue weighted by molar-refractivity contribution is -0.125. The zero-order chi connectivity index (χ0) is 18.5. The van der Waals surface area contributed by atoms with Crippen LogP contribution in [0.4, 0.5) is 5.13 Å². The van der Waals surface area contributed by atoms with Gasteiger partial charge in [0.2, 0.25) is 5.91 Å². The first-order chi connectivity index (χ1) is 13.3. The molecule has 6 nitrogen and oxygen atoms in total. The third-order valence-electron chi connectivity index (χ3n) is 5.21. The van der Waals surface area contributed by atoms with Crippen molar-refractivity contribution in [3.05, 3.63) is 40.7 Å². The molecule has 2 aromatic rings. The van der Waals surface area contributed by atoms with E-state index in [9.17, 15) is 4.79 Å². The molecule has 1 unspecified atom stereocenters. The van der Waals surface area contributed by atoms with Crippen LogP contribution in [-0.4, -0.2) is 48.7 Å². The summed E-state index contributed by atoms with van der Waals surface area (Å²) in [6.45, 7) is 4.07. The highest BCUT2D eigenvalue weighted by Gasteiger charge is 2.28. The lowest BCUT2D eigenvalue weighted by Crippen LogP contribution is -2.36. The van der Waals surface area contributed by atoms with Crippen LogP contribution in [0.5, 0.6) is 0 Å². The van der Waals surface area contributed by atoms with Gasteiger partial charge >= 0.3 is 0 Å². The number of carbonyl (C=O) groups excluding carboxylic acids is 1. The van der Waals surface area contributed by atoms with Gasteiger partial charge in [-0.2, -0.15) is 0 Å². The molecule has 0 radical (unpaired) electrons. The molecular weight excluding hydrogens is 360 g/mol. The van der Waals surface area contributed by atoms with Gasteiger partial charge in [-0.1, -0.05) is 6.07 Å². The smallest absolute Gasteiger partial charge is 0.223 e. The van der Waals surface area contributed by atoms with Crippen LogP contribution in [-0.2, 0) is 28.8 Å². The van der Waals surface area contributed by atoms with E-state index < -0.39 is 0 Å². The number of pyridine rings is 1. The SMILES string of the molecule is O=C(NCCCc1ccccn1)C1CCc2sc(N3CCOCC3)nc2C1. The molecule has 1 amide bonds. The summed E-state index contributed by atoms with van der Waals surface area (Å²) in [5.41, 5.74) is 2.20. The summed E-state index contributed by atoms with van der Waals surface area (Å²) in [5, 5.41) is 4.20. The first-order valence-corrected chi connectivity index (χ1v) is 10.6. The standard InChI is InChI=1S/C20H26N4O2S/c25-19(22-9-3-5-16-4-1-2-8-21-16)15-6-7-18-17(14-15)23-20(27-18)24-10-12-26-13-11-24/h1-2,4,8,15H,3,5-7,9-14H2,(H,22,25). The molecule has 1 saturated heterocycles. The number of ether oxygens (including phenoxy) is 1. The summed E-state index contributed by atoms with van der Waals surface area (Å²) >= 11 is 1.80. The lowest BCUT2D eigenvalue weighted by Gasteiger charge is -2.26. The van der Waals surface area contributed by atoms with Gasteiger partial charge in [0.05, 0.1) is 18.9 Å². The molecular formula is C20H26N4O2S. The molecule has 1 atom stereocenters. The number of nitrogens with one attached hydrogen (secondary N) is 1. The zero-order valence-corrected chi connectivity index (χ0v) is 16.3. The largest absolute Gasteiger partial charge is 0.378 e. The number of nitrogens with zero attached hydrogens (tertiary/aromatic N) is 3. The van der Waals surface area contributed by atoms with E-state index in [0.717, 1.165) is 74.9 Å². The predicted molar refractivity (Wildman–Crippen MR) is 106 cm³/mol. The number of hydrogen-bond acceptors (Lipinski definition) is 6. The van der Waals surface area contributed by atoms with Crippen molar-refractivity contribution in [1.29, 1.82) is 0 Å². The zero-order valence-electron chi connectivity index (χ0n) is 15.5. The first-order valence-electron chi connectivity index (χ1n) is 9.78. The van der Waals surface area contributed by atoms with E-state index >= 15 is 0 Å². The van der Waals surface area contributed by atoms with Gasteiger partial charge in [0, 0.05) is 48.7 Å². The molecule has 3 heterocycles. The Labute approximate surface area is 164 Å². The number of amides is 1. The fraction of sp³-hybridized carbons (Fsp3) is 0.550. The predicted octanol–water partition coefficient (Wildman–Crippen LogP) is 2.23. The van der Waals surface area contributed by atoms with Crippen LogP contribution in [0.15, 0.2) is 24.4 Å². The maximum Gasteiger partial charge on any atom is 0.223 e. The molecule has 1 N–H and O–H groups in total. The summed E-state index contributed by atoms with van der Waals surface area (Å²) in [6, 6.07) is 5.95. The summed E-state index contributed by atoms with van der Waals surface area (Å²) in [4.78, 5) is 25.4. The number of carbonyl (C=O) groups is 1.